The maximum atomic E-state index is 7.06. The summed E-state index contributed by atoms with van der Waals surface area (Å²) in [5.74, 6) is 1.80. The van der Waals surface area contributed by atoms with Crippen molar-refractivity contribution in [1.29, 1.82) is 0 Å². The monoisotopic (exact) mass is 858 g/mol. The molecule has 0 N–H and O–H groups in total. The fourth-order valence-electron chi connectivity index (χ4n) is 10.3. The highest BCUT2D eigenvalue weighted by Crippen LogP contribution is 2.43. The summed E-state index contributed by atoms with van der Waals surface area (Å²) < 4.78 is 11.5. The summed E-state index contributed by atoms with van der Waals surface area (Å²) in [6, 6.07) is 68.6. The normalized spacial score (nSPS) is 14.1. The van der Waals surface area contributed by atoms with Crippen LogP contribution in [0, 0.1) is 0 Å². The Kier molecular flexibility index (Phi) is 8.27. The Bertz CT molecular complexity index is 4180. The van der Waals surface area contributed by atoms with Gasteiger partial charge in [0.15, 0.2) is 11.4 Å². The Balaban J connectivity index is 1.03. The highest BCUT2D eigenvalue weighted by Gasteiger charge is 2.26. The molecule has 67 heavy (non-hydrogen) atoms. The maximum absolute atomic E-state index is 7.06. The zero-order chi connectivity index (χ0) is 44.0. The van der Waals surface area contributed by atoms with Gasteiger partial charge in [-0.2, -0.15) is 15.0 Å². The largest absolute Gasteiger partial charge is 0.422 e. The second kappa shape index (κ2) is 14.8. The van der Waals surface area contributed by atoms with E-state index in [9.17, 15) is 0 Å². The number of aromatic nitrogens is 6. The number of hydrogen-bond acceptors (Lipinski definition) is 5. The summed E-state index contributed by atoms with van der Waals surface area (Å²) >= 11 is 0. The molecule has 4 aromatic heterocycles. The summed E-state index contributed by atoms with van der Waals surface area (Å²) in [6.45, 7) is 0. The minimum atomic E-state index is -0.0678. The molecular formula is C60H38N6O. The lowest BCUT2D eigenvalue weighted by atomic mass is 9.92. The molecule has 1 aliphatic rings. The Morgan fingerprint density at radius 1 is 0.448 bits per heavy atom. The summed E-state index contributed by atoms with van der Waals surface area (Å²) in [5, 5.41) is 8.78. The van der Waals surface area contributed by atoms with Crippen LogP contribution in [0.15, 0.2) is 217 Å². The van der Waals surface area contributed by atoms with Crippen molar-refractivity contribution in [3.63, 3.8) is 0 Å². The van der Waals surface area contributed by atoms with Crippen LogP contribution in [0.4, 0.5) is 0 Å². The van der Waals surface area contributed by atoms with E-state index in [1.807, 2.05) is 6.07 Å². The Morgan fingerprint density at radius 3 is 1.78 bits per heavy atom. The maximum Gasteiger partial charge on any atom is 0.307 e. The lowest BCUT2D eigenvalue weighted by Gasteiger charge is -2.18. The zero-order valence-corrected chi connectivity index (χ0v) is 36.1. The van der Waals surface area contributed by atoms with Gasteiger partial charge in [0, 0.05) is 38.4 Å². The van der Waals surface area contributed by atoms with Gasteiger partial charge in [-0.15, -0.1) is 0 Å². The van der Waals surface area contributed by atoms with Gasteiger partial charge in [-0.25, -0.2) is 4.98 Å². The van der Waals surface area contributed by atoms with E-state index in [-0.39, 0.29) is 5.92 Å². The van der Waals surface area contributed by atoms with Crippen molar-refractivity contribution in [2.45, 2.75) is 12.3 Å². The van der Waals surface area contributed by atoms with Gasteiger partial charge in [0.25, 0.3) is 0 Å². The van der Waals surface area contributed by atoms with Gasteiger partial charge >= 0.3 is 6.01 Å². The molecule has 0 saturated heterocycles. The molecule has 0 amide bonds. The summed E-state index contributed by atoms with van der Waals surface area (Å²) in [7, 11) is 0. The van der Waals surface area contributed by atoms with Gasteiger partial charge in [-0.3, -0.25) is 9.13 Å². The van der Waals surface area contributed by atoms with Gasteiger partial charge in [-0.1, -0.05) is 194 Å². The Hall–Kier alpha value is -8.94. The SMILES string of the molecule is C1=CC(c2nc(-c3ccc(-c4ccccc4)cc3)nc(-n3c4ccccc4c4ccc5c6ccccc6n(-c6nc7ccc8ccc9ccccc9c8c7o6)c5c43)n2)CC=C1c1ccccc1. The van der Waals surface area contributed by atoms with Crippen LogP contribution in [-0.2, 0) is 0 Å². The van der Waals surface area contributed by atoms with Crippen molar-refractivity contribution < 1.29 is 4.42 Å². The van der Waals surface area contributed by atoms with Gasteiger partial charge in [-0.05, 0) is 63.0 Å². The molecule has 7 nitrogen and oxygen atoms in total. The molecule has 0 fully saturated rings. The van der Waals surface area contributed by atoms with Gasteiger partial charge < -0.3 is 4.42 Å². The molecular weight excluding hydrogens is 821 g/mol. The topological polar surface area (TPSA) is 74.6 Å². The number of oxazole rings is 1. The molecule has 9 aromatic carbocycles. The quantitative estimate of drug-likeness (QED) is 0.156. The Labute approximate surface area is 384 Å². The lowest BCUT2D eigenvalue weighted by molar-refractivity contribution is 0.577. The number of hydrogen-bond donors (Lipinski definition) is 0. The van der Waals surface area contributed by atoms with Crippen molar-refractivity contribution in [3.05, 3.63) is 224 Å². The predicted molar refractivity (Wildman–Crippen MR) is 273 cm³/mol. The molecule has 14 rings (SSSR count). The van der Waals surface area contributed by atoms with Gasteiger partial charge in [0.2, 0.25) is 5.95 Å². The molecule has 4 heterocycles. The molecule has 314 valence electrons. The fraction of sp³-hybridized carbons (Fsp3) is 0.0333. The van der Waals surface area contributed by atoms with Crippen LogP contribution < -0.4 is 0 Å². The average molecular weight is 859 g/mol. The molecule has 0 spiro atoms. The van der Waals surface area contributed by atoms with E-state index in [0.29, 0.717) is 23.6 Å². The smallest absolute Gasteiger partial charge is 0.307 e. The highest BCUT2D eigenvalue weighted by atomic mass is 16.4. The molecule has 1 atom stereocenters. The predicted octanol–water partition coefficient (Wildman–Crippen LogP) is 15.0. The lowest BCUT2D eigenvalue weighted by Crippen LogP contribution is -2.12. The van der Waals surface area contributed by atoms with E-state index in [1.165, 1.54) is 11.1 Å². The second-order valence-corrected chi connectivity index (χ2v) is 17.3. The highest BCUT2D eigenvalue weighted by molar-refractivity contribution is 6.24. The number of para-hydroxylation sites is 2. The average Bonchev–Trinajstić information content (AvgIpc) is 4.09. The van der Waals surface area contributed by atoms with Crippen LogP contribution in [0.25, 0.3) is 116 Å². The molecule has 0 saturated carbocycles. The fourth-order valence-corrected chi connectivity index (χ4v) is 10.3. The zero-order valence-electron chi connectivity index (χ0n) is 36.1. The van der Waals surface area contributed by atoms with E-state index in [2.05, 4.69) is 215 Å². The third kappa shape index (κ3) is 5.91. The first kappa shape index (κ1) is 37.4. The minimum Gasteiger partial charge on any atom is -0.422 e. The van der Waals surface area contributed by atoms with Crippen LogP contribution in [0.1, 0.15) is 23.7 Å². The Morgan fingerprint density at radius 2 is 1.04 bits per heavy atom. The first-order valence-electron chi connectivity index (χ1n) is 22.7. The first-order valence-corrected chi connectivity index (χ1v) is 22.7. The first-order chi connectivity index (χ1) is 33.2. The van der Waals surface area contributed by atoms with Crippen molar-refractivity contribution in [3.8, 4) is 34.5 Å². The summed E-state index contributed by atoms with van der Waals surface area (Å²) in [5.41, 5.74) is 11.0. The van der Waals surface area contributed by atoms with E-state index < -0.39 is 0 Å². The van der Waals surface area contributed by atoms with Crippen LogP contribution in [0.5, 0.6) is 0 Å². The molecule has 1 unspecified atom stereocenters. The van der Waals surface area contributed by atoms with Crippen molar-refractivity contribution in [1.82, 2.24) is 29.1 Å². The molecule has 13 aromatic rings. The molecule has 0 radical (unpaired) electrons. The van der Waals surface area contributed by atoms with Crippen molar-refractivity contribution in [2.75, 3.05) is 0 Å². The van der Waals surface area contributed by atoms with Crippen LogP contribution >= 0.6 is 0 Å². The summed E-state index contributed by atoms with van der Waals surface area (Å²) in [4.78, 5) is 21.5. The van der Waals surface area contributed by atoms with Crippen LogP contribution in [0.2, 0.25) is 0 Å². The van der Waals surface area contributed by atoms with E-state index in [0.717, 1.165) is 99.4 Å². The molecule has 7 heteroatoms. The molecule has 1 aliphatic carbocycles. The van der Waals surface area contributed by atoms with E-state index in [4.69, 9.17) is 24.4 Å². The van der Waals surface area contributed by atoms with Crippen molar-refractivity contribution in [2.24, 2.45) is 0 Å². The standard InChI is InChI=1S/C60H38N6O/c1-3-13-37(14-4-1)39-23-29-43(30-24-39)57-62-58(44-31-25-40(26-32-44)38-15-5-2-6-16-38)64-59(63-57)65-51-21-11-9-19-46(51)48-34-35-49-47-20-10-12-22-52(47)66(55(49)54(48)65)60-61-50-36-33-42-28-27-41-17-7-8-18-45(41)53(42)56(50)67-60/h1-31,33-36,44H,32H2. The molecule has 0 bridgehead atoms. The third-order valence-electron chi connectivity index (χ3n) is 13.5. The van der Waals surface area contributed by atoms with Gasteiger partial charge in [0.05, 0.1) is 22.1 Å². The number of allylic oxidation sites excluding steroid dienone is 4. The number of rotatable bonds is 6. The second-order valence-electron chi connectivity index (χ2n) is 17.3. The van der Waals surface area contributed by atoms with E-state index in [1.54, 1.807) is 0 Å². The van der Waals surface area contributed by atoms with Crippen LogP contribution in [0.3, 0.4) is 0 Å². The van der Waals surface area contributed by atoms with Gasteiger partial charge in [0.1, 0.15) is 11.3 Å². The van der Waals surface area contributed by atoms with Crippen molar-refractivity contribution >= 4 is 81.8 Å². The summed E-state index contributed by atoms with van der Waals surface area (Å²) in [6.07, 6.45) is 7.50. The minimum absolute atomic E-state index is 0.0678. The number of benzene rings is 9. The molecule has 0 aliphatic heterocycles. The van der Waals surface area contributed by atoms with E-state index >= 15 is 0 Å². The third-order valence-corrected chi connectivity index (χ3v) is 13.5. The van der Waals surface area contributed by atoms with Crippen LogP contribution in [-0.4, -0.2) is 29.1 Å². The number of fused-ring (bicyclic) bond motifs is 12. The number of nitrogens with zero attached hydrogens (tertiary/aromatic N) is 6.